The fourth-order valence-corrected chi connectivity index (χ4v) is 4.88. The van der Waals surface area contributed by atoms with E-state index in [4.69, 9.17) is 5.73 Å². The van der Waals surface area contributed by atoms with Gasteiger partial charge in [0.1, 0.15) is 0 Å². The van der Waals surface area contributed by atoms with Crippen molar-refractivity contribution >= 4 is 11.3 Å². The Morgan fingerprint density at radius 2 is 1.94 bits per heavy atom. The normalized spacial score (nSPS) is 23.3. The third kappa shape index (κ3) is 1.63. The molecule has 1 aromatic heterocycles. The van der Waals surface area contributed by atoms with Gasteiger partial charge in [0, 0.05) is 21.7 Å². The zero-order valence-electron chi connectivity index (χ0n) is 9.93. The Hall–Kier alpha value is -0.340. The van der Waals surface area contributed by atoms with Crippen LogP contribution in [-0.4, -0.2) is 6.54 Å². The van der Waals surface area contributed by atoms with Gasteiger partial charge in [-0.3, -0.25) is 0 Å². The molecule has 2 heteroatoms. The number of nitrogens with two attached hydrogens (primary N) is 1. The summed E-state index contributed by atoms with van der Waals surface area (Å²) in [4.78, 5) is 3.27. The van der Waals surface area contributed by atoms with Crippen molar-refractivity contribution in [2.75, 3.05) is 6.54 Å². The van der Waals surface area contributed by atoms with E-state index in [2.05, 4.69) is 17.4 Å². The summed E-state index contributed by atoms with van der Waals surface area (Å²) in [6.45, 7) is 0.854. The molecule has 0 aliphatic heterocycles. The van der Waals surface area contributed by atoms with E-state index >= 15 is 0 Å². The van der Waals surface area contributed by atoms with E-state index in [1.165, 1.54) is 51.4 Å². The van der Waals surface area contributed by atoms with Crippen LogP contribution in [0.5, 0.6) is 0 Å². The maximum Gasteiger partial charge on any atom is 0.0170 e. The summed E-state index contributed by atoms with van der Waals surface area (Å²) in [5, 5.41) is 0. The molecule has 3 rings (SSSR count). The smallest absolute Gasteiger partial charge is 0.0170 e. The monoisotopic (exact) mass is 235 g/mol. The molecule has 1 aromatic rings. The molecule has 16 heavy (non-hydrogen) atoms. The molecule has 2 N–H and O–H groups in total. The minimum Gasteiger partial charge on any atom is -0.330 e. The molecule has 0 bridgehead atoms. The lowest BCUT2D eigenvalue weighted by Crippen LogP contribution is -2.36. The summed E-state index contributed by atoms with van der Waals surface area (Å²) in [6, 6.07) is 2.49. The Morgan fingerprint density at radius 1 is 1.12 bits per heavy atom. The highest BCUT2D eigenvalue weighted by atomic mass is 32.1. The van der Waals surface area contributed by atoms with Crippen LogP contribution in [0.2, 0.25) is 0 Å². The Balaban J connectivity index is 1.93. The summed E-state index contributed by atoms with van der Waals surface area (Å²) in [5.74, 6) is 0. The molecule has 0 aromatic carbocycles. The number of fused-ring (bicyclic) bond motifs is 1. The van der Waals surface area contributed by atoms with Gasteiger partial charge in [0.15, 0.2) is 0 Å². The number of aryl methyl sites for hydroxylation is 2. The standard InChI is InChI=1S/C14H21NS/c15-10-14(7-2-1-3-8-14)13-9-11-5-4-6-12(11)16-13/h9H,1-8,10,15H2. The average molecular weight is 235 g/mol. The van der Waals surface area contributed by atoms with Gasteiger partial charge in [-0.2, -0.15) is 0 Å². The zero-order valence-corrected chi connectivity index (χ0v) is 10.7. The first kappa shape index (κ1) is 10.8. The second-order valence-electron chi connectivity index (χ2n) is 5.46. The Labute approximate surface area is 102 Å². The SMILES string of the molecule is NCC1(c2cc3c(s2)CCC3)CCCCC1. The second kappa shape index (κ2) is 4.15. The summed E-state index contributed by atoms with van der Waals surface area (Å²) in [5.41, 5.74) is 8.09. The summed E-state index contributed by atoms with van der Waals surface area (Å²) < 4.78 is 0. The molecule has 88 valence electrons. The molecule has 0 saturated heterocycles. The maximum absolute atomic E-state index is 6.10. The van der Waals surface area contributed by atoms with Crippen molar-refractivity contribution in [2.45, 2.75) is 56.8 Å². The zero-order chi connectivity index (χ0) is 11.0. The van der Waals surface area contributed by atoms with Crippen molar-refractivity contribution in [2.24, 2.45) is 5.73 Å². The molecule has 1 saturated carbocycles. The number of rotatable bonds is 2. The third-order valence-corrected chi connectivity index (χ3v) is 5.95. The highest BCUT2D eigenvalue weighted by Gasteiger charge is 2.35. The molecule has 1 heterocycles. The lowest BCUT2D eigenvalue weighted by atomic mass is 9.73. The van der Waals surface area contributed by atoms with E-state index in [0.29, 0.717) is 5.41 Å². The summed E-state index contributed by atoms with van der Waals surface area (Å²) >= 11 is 2.07. The molecule has 0 spiro atoms. The van der Waals surface area contributed by atoms with E-state index in [1.807, 2.05) is 0 Å². The number of hydrogen-bond donors (Lipinski definition) is 1. The topological polar surface area (TPSA) is 26.0 Å². The molecule has 2 aliphatic carbocycles. The fraction of sp³-hybridized carbons (Fsp3) is 0.714. The quantitative estimate of drug-likeness (QED) is 0.835. The van der Waals surface area contributed by atoms with Gasteiger partial charge >= 0.3 is 0 Å². The molecule has 1 nitrogen and oxygen atoms in total. The van der Waals surface area contributed by atoms with E-state index in [1.54, 1.807) is 15.3 Å². The van der Waals surface area contributed by atoms with Gasteiger partial charge in [-0.15, -0.1) is 11.3 Å². The van der Waals surface area contributed by atoms with Gasteiger partial charge in [-0.25, -0.2) is 0 Å². The largest absolute Gasteiger partial charge is 0.330 e. The minimum atomic E-state index is 0.354. The van der Waals surface area contributed by atoms with Crippen molar-refractivity contribution in [1.29, 1.82) is 0 Å². The predicted octanol–water partition coefficient (Wildman–Crippen LogP) is 3.40. The Kier molecular flexibility index (Phi) is 2.80. The van der Waals surface area contributed by atoms with E-state index in [9.17, 15) is 0 Å². The lowest BCUT2D eigenvalue weighted by Gasteiger charge is -2.35. The second-order valence-corrected chi connectivity index (χ2v) is 6.59. The van der Waals surface area contributed by atoms with Gasteiger partial charge in [-0.1, -0.05) is 19.3 Å². The van der Waals surface area contributed by atoms with Crippen LogP contribution >= 0.6 is 11.3 Å². The average Bonchev–Trinajstić information content (AvgIpc) is 2.90. The Bertz CT molecular complexity index is 353. The van der Waals surface area contributed by atoms with Crippen LogP contribution in [0.4, 0.5) is 0 Å². The van der Waals surface area contributed by atoms with Gasteiger partial charge in [0.05, 0.1) is 0 Å². The first-order valence-corrected chi connectivity index (χ1v) is 7.48. The summed E-state index contributed by atoms with van der Waals surface area (Å²) in [7, 11) is 0. The van der Waals surface area contributed by atoms with E-state index in [0.717, 1.165) is 6.54 Å². The van der Waals surface area contributed by atoms with E-state index < -0.39 is 0 Å². The molecule has 1 fully saturated rings. The van der Waals surface area contributed by atoms with Crippen LogP contribution in [0.25, 0.3) is 0 Å². The number of thiophene rings is 1. The molecular formula is C14H21NS. The van der Waals surface area contributed by atoms with E-state index in [-0.39, 0.29) is 0 Å². The lowest BCUT2D eigenvalue weighted by molar-refractivity contribution is 0.306. The van der Waals surface area contributed by atoms with Gasteiger partial charge in [0.25, 0.3) is 0 Å². The molecule has 0 radical (unpaired) electrons. The van der Waals surface area contributed by atoms with Gasteiger partial charge in [-0.05, 0) is 43.7 Å². The van der Waals surface area contributed by atoms with Crippen LogP contribution in [-0.2, 0) is 18.3 Å². The molecule has 0 atom stereocenters. The van der Waals surface area contributed by atoms with Crippen LogP contribution in [0.1, 0.15) is 53.8 Å². The molecule has 0 amide bonds. The molecule has 0 unspecified atom stereocenters. The van der Waals surface area contributed by atoms with Gasteiger partial charge in [0.2, 0.25) is 0 Å². The highest BCUT2D eigenvalue weighted by molar-refractivity contribution is 7.12. The van der Waals surface area contributed by atoms with Crippen molar-refractivity contribution in [3.8, 4) is 0 Å². The minimum absolute atomic E-state index is 0.354. The fourth-order valence-electron chi connectivity index (χ4n) is 3.37. The van der Waals surface area contributed by atoms with Crippen LogP contribution in [0.15, 0.2) is 6.07 Å². The van der Waals surface area contributed by atoms with Gasteiger partial charge < -0.3 is 5.73 Å². The van der Waals surface area contributed by atoms with Crippen LogP contribution < -0.4 is 5.73 Å². The summed E-state index contributed by atoms with van der Waals surface area (Å²) in [6.07, 6.45) is 10.8. The maximum atomic E-state index is 6.10. The predicted molar refractivity (Wildman–Crippen MR) is 70.2 cm³/mol. The van der Waals surface area contributed by atoms with Crippen LogP contribution in [0, 0.1) is 0 Å². The van der Waals surface area contributed by atoms with Crippen molar-refractivity contribution in [3.63, 3.8) is 0 Å². The molecule has 2 aliphatic rings. The van der Waals surface area contributed by atoms with Crippen molar-refractivity contribution in [1.82, 2.24) is 0 Å². The van der Waals surface area contributed by atoms with Crippen LogP contribution in [0.3, 0.4) is 0 Å². The number of hydrogen-bond acceptors (Lipinski definition) is 2. The third-order valence-electron chi connectivity index (χ3n) is 4.47. The van der Waals surface area contributed by atoms with Crippen molar-refractivity contribution in [3.05, 3.63) is 21.4 Å². The first-order chi connectivity index (χ1) is 7.84. The highest BCUT2D eigenvalue weighted by Crippen LogP contribution is 2.44. The first-order valence-electron chi connectivity index (χ1n) is 6.66. The molecular weight excluding hydrogens is 214 g/mol. The Morgan fingerprint density at radius 3 is 2.62 bits per heavy atom. The van der Waals surface area contributed by atoms with Crippen molar-refractivity contribution < 1.29 is 0 Å².